The van der Waals surface area contributed by atoms with Gasteiger partial charge in [0.25, 0.3) is 0 Å². The minimum Gasteiger partial charge on any atom is -0.481 e. The molecule has 1 fully saturated rings. The zero-order chi connectivity index (χ0) is 24.2. The van der Waals surface area contributed by atoms with Crippen LogP contribution in [0, 0.1) is 11.8 Å². The molecule has 2 aromatic rings. The van der Waals surface area contributed by atoms with Gasteiger partial charge in [-0.05, 0) is 54.9 Å². The number of carboxylic acids is 1. The molecule has 2 amide bonds. The Morgan fingerprint density at radius 1 is 1.06 bits per heavy atom. The van der Waals surface area contributed by atoms with Crippen molar-refractivity contribution >= 4 is 18.0 Å². The SMILES string of the molecule is CC(C)N(CCCC(=O)O)C(=O)[C@@H]1C[C@@H]1CNC(=O)OCC1c2ccccc2-c2ccccc21. The van der Waals surface area contributed by atoms with Gasteiger partial charge in [0.2, 0.25) is 5.91 Å². The number of fused-ring (bicyclic) bond motifs is 3. The van der Waals surface area contributed by atoms with Crippen molar-refractivity contribution in [3.8, 4) is 11.1 Å². The molecule has 0 bridgehead atoms. The summed E-state index contributed by atoms with van der Waals surface area (Å²) >= 11 is 0. The van der Waals surface area contributed by atoms with Crippen molar-refractivity contribution in [2.24, 2.45) is 11.8 Å². The van der Waals surface area contributed by atoms with E-state index < -0.39 is 12.1 Å². The Kier molecular flexibility index (Phi) is 7.20. The molecule has 2 aliphatic rings. The molecular weight excluding hydrogens is 432 g/mol. The largest absolute Gasteiger partial charge is 0.481 e. The number of benzene rings is 2. The van der Waals surface area contributed by atoms with Gasteiger partial charge in [-0.1, -0.05) is 48.5 Å². The summed E-state index contributed by atoms with van der Waals surface area (Å²) in [6, 6.07) is 16.4. The molecule has 0 heterocycles. The van der Waals surface area contributed by atoms with Crippen LogP contribution < -0.4 is 5.32 Å². The molecule has 4 rings (SSSR count). The van der Waals surface area contributed by atoms with Gasteiger partial charge in [0, 0.05) is 37.4 Å². The highest BCUT2D eigenvalue weighted by atomic mass is 16.5. The zero-order valence-electron chi connectivity index (χ0n) is 19.7. The number of nitrogens with one attached hydrogen (secondary N) is 1. The van der Waals surface area contributed by atoms with Gasteiger partial charge < -0.3 is 20.1 Å². The molecule has 0 radical (unpaired) electrons. The van der Waals surface area contributed by atoms with E-state index in [-0.39, 0.29) is 42.7 Å². The molecule has 2 N–H and O–H groups in total. The molecule has 0 aromatic heterocycles. The first-order valence-electron chi connectivity index (χ1n) is 12.0. The molecule has 2 atom stereocenters. The lowest BCUT2D eigenvalue weighted by Crippen LogP contribution is -2.39. The van der Waals surface area contributed by atoms with Gasteiger partial charge in [-0.2, -0.15) is 0 Å². The number of carboxylic acid groups (broad SMARTS) is 1. The van der Waals surface area contributed by atoms with E-state index in [1.165, 1.54) is 22.3 Å². The quantitative estimate of drug-likeness (QED) is 0.548. The number of alkyl carbamates (subject to hydrolysis) is 1. The van der Waals surface area contributed by atoms with Crippen LogP contribution in [0.3, 0.4) is 0 Å². The molecule has 0 spiro atoms. The summed E-state index contributed by atoms with van der Waals surface area (Å²) in [7, 11) is 0. The topological polar surface area (TPSA) is 95.9 Å². The fourth-order valence-electron chi connectivity index (χ4n) is 4.88. The second kappa shape index (κ2) is 10.3. The van der Waals surface area contributed by atoms with Crippen LogP contribution in [0.1, 0.15) is 50.2 Å². The maximum atomic E-state index is 12.8. The van der Waals surface area contributed by atoms with E-state index in [9.17, 15) is 14.4 Å². The maximum Gasteiger partial charge on any atom is 0.407 e. The Hall–Kier alpha value is -3.35. The standard InChI is InChI=1S/C27H32N2O5/c1-17(2)29(13-7-12-25(30)31)26(32)23-14-18(23)15-28-27(33)34-16-24-21-10-5-3-8-19(21)20-9-4-6-11-22(20)24/h3-6,8-11,17-18,23-24H,7,12-16H2,1-2H3,(H,28,33)(H,30,31)/t18-,23-/m1/s1. The van der Waals surface area contributed by atoms with Crippen LogP contribution in [-0.4, -0.2) is 53.7 Å². The summed E-state index contributed by atoms with van der Waals surface area (Å²) in [5.41, 5.74) is 4.70. The van der Waals surface area contributed by atoms with Crippen molar-refractivity contribution in [3.63, 3.8) is 0 Å². The Bertz CT molecular complexity index is 1020. The van der Waals surface area contributed by atoms with E-state index in [1.807, 2.05) is 38.1 Å². The number of aliphatic carboxylic acids is 1. The molecular formula is C27H32N2O5. The summed E-state index contributed by atoms with van der Waals surface area (Å²) < 4.78 is 5.57. The van der Waals surface area contributed by atoms with Gasteiger partial charge in [0.1, 0.15) is 6.61 Å². The minimum atomic E-state index is -0.854. The summed E-state index contributed by atoms with van der Waals surface area (Å²) in [4.78, 5) is 37.8. The van der Waals surface area contributed by atoms with Crippen LogP contribution in [0.4, 0.5) is 4.79 Å². The van der Waals surface area contributed by atoms with E-state index in [0.717, 1.165) is 6.42 Å². The van der Waals surface area contributed by atoms with Gasteiger partial charge in [0.05, 0.1) is 0 Å². The van der Waals surface area contributed by atoms with Crippen molar-refractivity contribution in [3.05, 3.63) is 59.7 Å². The minimum absolute atomic E-state index is 0.0117. The summed E-state index contributed by atoms with van der Waals surface area (Å²) in [5, 5.41) is 11.7. The Morgan fingerprint density at radius 2 is 1.68 bits per heavy atom. The van der Waals surface area contributed by atoms with E-state index >= 15 is 0 Å². The zero-order valence-corrected chi connectivity index (χ0v) is 19.7. The summed E-state index contributed by atoms with van der Waals surface area (Å²) in [5.74, 6) is -0.832. The van der Waals surface area contributed by atoms with Gasteiger partial charge in [-0.25, -0.2) is 4.79 Å². The predicted octanol–water partition coefficient (Wildman–Crippen LogP) is 4.26. The lowest BCUT2D eigenvalue weighted by Gasteiger charge is -2.27. The van der Waals surface area contributed by atoms with E-state index in [2.05, 4.69) is 29.6 Å². The third kappa shape index (κ3) is 5.24. The highest BCUT2D eigenvalue weighted by molar-refractivity contribution is 5.82. The van der Waals surface area contributed by atoms with Crippen LogP contribution in [0.5, 0.6) is 0 Å². The molecule has 7 heteroatoms. The summed E-state index contributed by atoms with van der Waals surface area (Å²) in [6.07, 6.45) is 0.745. The number of amides is 2. The normalized spacial score (nSPS) is 18.2. The third-order valence-corrected chi connectivity index (χ3v) is 6.79. The summed E-state index contributed by atoms with van der Waals surface area (Å²) in [6.45, 7) is 4.97. The number of carbonyl (C=O) groups is 3. The van der Waals surface area contributed by atoms with Crippen molar-refractivity contribution in [2.45, 2.75) is 45.1 Å². The molecule has 0 unspecified atom stereocenters. The second-order valence-electron chi connectivity index (χ2n) is 9.43. The first kappa shape index (κ1) is 23.8. The first-order valence-corrected chi connectivity index (χ1v) is 12.0. The molecule has 1 saturated carbocycles. The molecule has 2 aliphatic carbocycles. The van der Waals surface area contributed by atoms with Crippen LogP contribution in [-0.2, 0) is 14.3 Å². The molecule has 180 valence electrons. The molecule has 0 aliphatic heterocycles. The van der Waals surface area contributed by atoms with Crippen molar-refractivity contribution in [1.29, 1.82) is 0 Å². The van der Waals surface area contributed by atoms with Gasteiger partial charge in [-0.3, -0.25) is 9.59 Å². The lowest BCUT2D eigenvalue weighted by atomic mass is 9.98. The van der Waals surface area contributed by atoms with E-state index in [4.69, 9.17) is 9.84 Å². The average molecular weight is 465 g/mol. The highest BCUT2D eigenvalue weighted by Crippen LogP contribution is 2.44. The van der Waals surface area contributed by atoms with Gasteiger partial charge >= 0.3 is 12.1 Å². The van der Waals surface area contributed by atoms with E-state index in [0.29, 0.717) is 19.5 Å². The molecule has 7 nitrogen and oxygen atoms in total. The number of hydrogen-bond acceptors (Lipinski definition) is 4. The van der Waals surface area contributed by atoms with E-state index in [1.54, 1.807) is 4.90 Å². The van der Waals surface area contributed by atoms with Crippen LogP contribution in [0.15, 0.2) is 48.5 Å². The number of hydrogen-bond donors (Lipinski definition) is 2. The van der Waals surface area contributed by atoms with Crippen molar-refractivity contribution in [1.82, 2.24) is 10.2 Å². The Morgan fingerprint density at radius 3 is 2.26 bits per heavy atom. The monoisotopic (exact) mass is 464 g/mol. The third-order valence-electron chi connectivity index (χ3n) is 6.79. The van der Waals surface area contributed by atoms with Crippen LogP contribution in [0.2, 0.25) is 0 Å². The lowest BCUT2D eigenvalue weighted by molar-refractivity contribution is -0.139. The van der Waals surface area contributed by atoms with Crippen molar-refractivity contribution < 1.29 is 24.2 Å². The predicted molar refractivity (Wildman–Crippen MR) is 128 cm³/mol. The number of rotatable bonds is 10. The van der Waals surface area contributed by atoms with Crippen LogP contribution in [0.25, 0.3) is 11.1 Å². The Balaban J connectivity index is 1.25. The number of ether oxygens (including phenoxy) is 1. The average Bonchev–Trinajstić information content (AvgIpc) is 3.53. The van der Waals surface area contributed by atoms with Crippen molar-refractivity contribution in [2.75, 3.05) is 19.7 Å². The molecule has 0 saturated heterocycles. The first-order chi connectivity index (χ1) is 16.4. The fraction of sp³-hybridized carbons (Fsp3) is 0.444. The fourth-order valence-corrected chi connectivity index (χ4v) is 4.88. The maximum absolute atomic E-state index is 12.8. The number of nitrogens with zero attached hydrogens (tertiary/aromatic N) is 1. The highest BCUT2D eigenvalue weighted by Gasteiger charge is 2.45. The molecule has 34 heavy (non-hydrogen) atoms. The van der Waals surface area contributed by atoms with Gasteiger partial charge in [-0.15, -0.1) is 0 Å². The Labute approximate surface area is 200 Å². The van der Waals surface area contributed by atoms with Crippen LogP contribution >= 0.6 is 0 Å². The smallest absolute Gasteiger partial charge is 0.407 e. The molecule has 2 aromatic carbocycles. The second-order valence-corrected chi connectivity index (χ2v) is 9.43. The number of carbonyl (C=O) groups excluding carboxylic acids is 2. The van der Waals surface area contributed by atoms with Gasteiger partial charge in [0.15, 0.2) is 0 Å².